The zero-order valence-corrected chi connectivity index (χ0v) is 17.0. The summed E-state index contributed by atoms with van der Waals surface area (Å²) in [6.45, 7) is 0.337. The molecule has 0 unspecified atom stereocenters. The molecule has 152 valence electrons. The Bertz CT molecular complexity index is 1100. The van der Waals surface area contributed by atoms with E-state index in [0.717, 1.165) is 5.56 Å². The van der Waals surface area contributed by atoms with E-state index in [1.807, 2.05) is 36.4 Å². The van der Waals surface area contributed by atoms with Gasteiger partial charge < -0.3 is 14.8 Å². The minimum atomic E-state index is -0.599. The van der Waals surface area contributed by atoms with Gasteiger partial charge in [-0.05, 0) is 24.0 Å². The van der Waals surface area contributed by atoms with Crippen molar-refractivity contribution in [1.29, 1.82) is 5.26 Å². The van der Waals surface area contributed by atoms with Crippen molar-refractivity contribution in [1.82, 2.24) is 9.97 Å². The lowest BCUT2D eigenvalue weighted by molar-refractivity contribution is -0.385. The topological polar surface area (TPSA) is 123 Å². The van der Waals surface area contributed by atoms with Crippen molar-refractivity contribution in [3.05, 3.63) is 69.8 Å². The van der Waals surface area contributed by atoms with Gasteiger partial charge in [0.1, 0.15) is 11.5 Å². The van der Waals surface area contributed by atoms with Crippen LogP contribution in [0.15, 0.2) is 53.7 Å². The van der Waals surface area contributed by atoms with E-state index in [4.69, 9.17) is 9.47 Å². The third kappa shape index (κ3) is 4.95. The van der Waals surface area contributed by atoms with Crippen LogP contribution in [0.5, 0.6) is 17.4 Å². The van der Waals surface area contributed by atoms with E-state index in [2.05, 4.69) is 15.3 Å². The number of methoxy groups -OCH3 is 1. The fourth-order valence-electron chi connectivity index (χ4n) is 2.57. The number of ether oxygens (including phenoxy) is 2. The van der Waals surface area contributed by atoms with Gasteiger partial charge >= 0.3 is 11.6 Å². The summed E-state index contributed by atoms with van der Waals surface area (Å²) in [4.78, 5) is 19.6. The van der Waals surface area contributed by atoms with Crippen molar-refractivity contribution in [2.45, 2.75) is 11.7 Å². The molecule has 1 N–H and O–H groups in total. The second-order valence-corrected chi connectivity index (χ2v) is 6.69. The van der Waals surface area contributed by atoms with Crippen molar-refractivity contribution >= 4 is 23.3 Å². The minimum absolute atomic E-state index is 0.0432. The van der Waals surface area contributed by atoms with E-state index in [9.17, 15) is 15.4 Å². The highest BCUT2D eigenvalue weighted by Crippen LogP contribution is 2.37. The smallest absolute Gasteiger partial charge is 0.373 e. The lowest BCUT2D eigenvalue weighted by Crippen LogP contribution is -2.08. The third-order valence-electron chi connectivity index (χ3n) is 3.96. The molecule has 3 aromatic rings. The molecule has 1 heterocycles. The molecule has 0 atom stereocenters. The largest absolute Gasteiger partial charge is 0.497 e. The quantitative estimate of drug-likeness (QED) is 0.243. The fourth-order valence-corrected chi connectivity index (χ4v) is 2.93. The number of thioether (sulfide) groups is 1. The highest BCUT2D eigenvalue weighted by molar-refractivity contribution is 7.98. The van der Waals surface area contributed by atoms with Crippen molar-refractivity contribution < 1.29 is 14.4 Å². The zero-order chi connectivity index (χ0) is 21.5. The molecule has 0 saturated carbocycles. The molecular weight excluding hydrogens is 406 g/mol. The average molecular weight is 423 g/mol. The fraction of sp³-hybridized carbons (Fsp3) is 0.150. The monoisotopic (exact) mass is 423 g/mol. The predicted octanol–water partition coefficient (Wildman–Crippen LogP) is 4.39. The highest BCUT2D eigenvalue weighted by Gasteiger charge is 2.27. The average Bonchev–Trinajstić information content (AvgIpc) is 2.77. The molecule has 0 saturated heterocycles. The SMILES string of the molecule is COc1cc(C#N)cc(Oc2nc(SC)nc(NCc3ccccc3)c2[N+](=O)[O-])c1. The van der Waals surface area contributed by atoms with Gasteiger partial charge in [0.25, 0.3) is 0 Å². The summed E-state index contributed by atoms with van der Waals surface area (Å²) in [6, 6.07) is 15.9. The first kappa shape index (κ1) is 20.9. The Kier molecular flexibility index (Phi) is 6.67. The molecule has 0 aliphatic carbocycles. The molecule has 0 radical (unpaired) electrons. The molecule has 10 heteroatoms. The molecule has 0 amide bonds. The number of nitrogens with zero attached hydrogens (tertiary/aromatic N) is 4. The normalized spacial score (nSPS) is 10.2. The number of nitrogens with one attached hydrogen (secondary N) is 1. The summed E-state index contributed by atoms with van der Waals surface area (Å²) < 4.78 is 10.9. The number of nitriles is 1. The van der Waals surface area contributed by atoms with Gasteiger partial charge in [0.15, 0.2) is 5.16 Å². The Morgan fingerprint density at radius 2 is 1.93 bits per heavy atom. The van der Waals surface area contributed by atoms with Crippen LogP contribution in [0.1, 0.15) is 11.1 Å². The Morgan fingerprint density at radius 1 is 1.20 bits per heavy atom. The molecule has 0 aliphatic heterocycles. The van der Waals surface area contributed by atoms with E-state index in [1.54, 1.807) is 6.26 Å². The molecule has 1 aromatic heterocycles. The van der Waals surface area contributed by atoms with Gasteiger partial charge in [-0.15, -0.1) is 0 Å². The van der Waals surface area contributed by atoms with E-state index >= 15 is 0 Å². The van der Waals surface area contributed by atoms with Crippen LogP contribution in [0.4, 0.5) is 11.5 Å². The molecule has 2 aromatic carbocycles. The first-order valence-electron chi connectivity index (χ1n) is 8.69. The summed E-state index contributed by atoms with van der Waals surface area (Å²) in [5.74, 6) is 0.385. The Labute approximate surface area is 176 Å². The van der Waals surface area contributed by atoms with Crippen molar-refractivity contribution in [3.8, 4) is 23.4 Å². The highest BCUT2D eigenvalue weighted by atomic mass is 32.2. The first-order chi connectivity index (χ1) is 14.5. The Hall–Kier alpha value is -3.84. The molecule has 0 spiro atoms. The number of benzene rings is 2. The minimum Gasteiger partial charge on any atom is -0.497 e. The molecule has 9 nitrogen and oxygen atoms in total. The van der Waals surface area contributed by atoms with Crippen molar-refractivity contribution in [2.75, 3.05) is 18.7 Å². The molecule has 0 fully saturated rings. The van der Waals surface area contributed by atoms with E-state index in [0.29, 0.717) is 17.5 Å². The summed E-state index contributed by atoms with van der Waals surface area (Å²) in [6.07, 6.45) is 1.76. The molecule has 3 rings (SSSR count). The van der Waals surface area contributed by atoms with E-state index in [-0.39, 0.29) is 23.0 Å². The van der Waals surface area contributed by atoms with Gasteiger partial charge in [-0.1, -0.05) is 42.1 Å². The zero-order valence-electron chi connectivity index (χ0n) is 16.2. The maximum Gasteiger partial charge on any atom is 0.373 e. The van der Waals surface area contributed by atoms with Crippen LogP contribution < -0.4 is 14.8 Å². The van der Waals surface area contributed by atoms with Crippen LogP contribution in [-0.4, -0.2) is 28.3 Å². The second kappa shape index (κ2) is 9.58. The number of aromatic nitrogens is 2. The van der Waals surface area contributed by atoms with Crippen LogP contribution in [0.3, 0.4) is 0 Å². The maximum absolute atomic E-state index is 11.8. The van der Waals surface area contributed by atoms with E-state index < -0.39 is 10.6 Å². The number of anilines is 1. The van der Waals surface area contributed by atoms with Crippen LogP contribution in [0, 0.1) is 21.4 Å². The third-order valence-corrected chi connectivity index (χ3v) is 4.51. The van der Waals surface area contributed by atoms with Gasteiger partial charge in [-0.3, -0.25) is 10.1 Å². The Morgan fingerprint density at radius 3 is 2.57 bits per heavy atom. The van der Waals surface area contributed by atoms with Gasteiger partial charge in [-0.25, -0.2) is 0 Å². The Balaban J connectivity index is 2.01. The molecule has 0 bridgehead atoms. The molecule has 30 heavy (non-hydrogen) atoms. The lowest BCUT2D eigenvalue weighted by Gasteiger charge is -2.12. The standard InChI is InChI=1S/C20H17N5O4S/c1-28-15-8-14(11-21)9-16(10-15)29-19-17(25(26)27)18(23-20(24-19)30-2)22-12-13-6-4-3-5-7-13/h3-10H,12H2,1-2H3,(H,22,23,24). The number of hydrogen-bond acceptors (Lipinski definition) is 9. The summed E-state index contributed by atoms with van der Waals surface area (Å²) >= 11 is 1.22. The molecular formula is C20H17N5O4S. The van der Waals surface area contributed by atoms with Crippen LogP contribution >= 0.6 is 11.8 Å². The first-order valence-corrected chi connectivity index (χ1v) is 9.91. The van der Waals surface area contributed by atoms with Gasteiger partial charge in [0.2, 0.25) is 5.82 Å². The van der Waals surface area contributed by atoms with E-state index in [1.165, 1.54) is 37.1 Å². The van der Waals surface area contributed by atoms with Crippen molar-refractivity contribution in [3.63, 3.8) is 0 Å². The van der Waals surface area contributed by atoms with Gasteiger partial charge in [0.05, 0.1) is 23.7 Å². The maximum atomic E-state index is 11.8. The predicted molar refractivity (Wildman–Crippen MR) is 112 cm³/mol. The van der Waals surface area contributed by atoms with Gasteiger partial charge in [-0.2, -0.15) is 15.2 Å². The number of nitro groups is 1. The molecule has 0 aliphatic rings. The summed E-state index contributed by atoms with van der Waals surface area (Å²) in [5.41, 5.74) is 0.823. The summed E-state index contributed by atoms with van der Waals surface area (Å²) in [5, 5.41) is 24.3. The van der Waals surface area contributed by atoms with Crippen LogP contribution in [0.2, 0.25) is 0 Å². The van der Waals surface area contributed by atoms with Crippen LogP contribution in [-0.2, 0) is 6.54 Å². The second-order valence-electron chi connectivity index (χ2n) is 5.92. The van der Waals surface area contributed by atoms with Crippen molar-refractivity contribution in [2.24, 2.45) is 0 Å². The van der Waals surface area contributed by atoms with Crippen LogP contribution in [0.25, 0.3) is 0 Å². The number of hydrogen-bond donors (Lipinski definition) is 1. The summed E-state index contributed by atoms with van der Waals surface area (Å²) in [7, 11) is 1.45. The number of rotatable bonds is 8. The lowest BCUT2D eigenvalue weighted by atomic mass is 10.2. The van der Waals surface area contributed by atoms with Gasteiger partial charge in [0, 0.05) is 12.6 Å².